The van der Waals surface area contributed by atoms with E-state index >= 15 is 0 Å². The molecule has 0 aliphatic carbocycles. The van der Waals surface area contributed by atoms with Gasteiger partial charge in [-0.1, -0.05) is 55.5 Å². The predicted molar refractivity (Wildman–Crippen MR) is 138 cm³/mol. The van der Waals surface area contributed by atoms with Crippen LogP contribution < -0.4 is 10.6 Å². The quantitative estimate of drug-likeness (QED) is 0.448. The van der Waals surface area contributed by atoms with Gasteiger partial charge in [0.2, 0.25) is 5.91 Å². The molecule has 7 nitrogen and oxygen atoms in total. The number of ether oxygens (including phenoxy) is 1. The molecule has 0 bridgehead atoms. The lowest BCUT2D eigenvalue weighted by molar-refractivity contribution is -0.140. The van der Waals surface area contributed by atoms with Crippen molar-refractivity contribution in [2.45, 2.75) is 58.7 Å². The summed E-state index contributed by atoms with van der Waals surface area (Å²) in [4.78, 5) is 41.1. The summed E-state index contributed by atoms with van der Waals surface area (Å²) in [5.74, 6) is -0.687. The molecule has 2 aromatic rings. The maximum atomic E-state index is 13.6. The second-order valence-electron chi connectivity index (χ2n) is 9.03. The molecule has 3 amide bonds. The first-order valence-electron chi connectivity index (χ1n) is 11.4. The molecular weight excluding hydrogens is 450 g/mol. The minimum atomic E-state index is -0.956. The molecule has 0 fully saturated rings. The summed E-state index contributed by atoms with van der Waals surface area (Å²) in [5, 5.41) is 5.57. The van der Waals surface area contributed by atoms with E-state index in [2.05, 4.69) is 23.3 Å². The highest BCUT2D eigenvalue weighted by atomic mass is 32.1. The number of thiol groups is 1. The third-order valence-electron chi connectivity index (χ3n) is 5.00. The van der Waals surface area contributed by atoms with Crippen LogP contribution in [-0.4, -0.2) is 46.7 Å². The molecule has 0 radical (unpaired) electrons. The lowest BCUT2D eigenvalue weighted by Crippen LogP contribution is -2.53. The van der Waals surface area contributed by atoms with Crippen molar-refractivity contribution in [1.82, 2.24) is 10.2 Å². The average molecular weight is 486 g/mol. The summed E-state index contributed by atoms with van der Waals surface area (Å²) >= 11 is 4.29. The van der Waals surface area contributed by atoms with Gasteiger partial charge in [-0.2, -0.15) is 12.6 Å². The van der Waals surface area contributed by atoms with Crippen molar-refractivity contribution in [2.24, 2.45) is 0 Å². The van der Waals surface area contributed by atoms with Crippen LogP contribution in [0.1, 0.15) is 51.3 Å². The highest BCUT2D eigenvalue weighted by Crippen LogP contribution is 2.25. The van der Waals surface area contributed by atoms with E-state index in [-0.39, 0.29) is 11.7 Å². The number of carbonyl (C=O) groups is 3. The molecule has 2 rings (SSSR count). The number of amides is 3. The number of aryl methyl sites for hydroxylation is 1. The highest BCUT2D eigenvalue weighted by Gasteiger charge is 2.35. The van der Waals surface area contributed by atoms with Gasteiger partial charge in [-0.05, 0) is 51.3 Å². The maximum absolute atomic E-state index is 13.6. The minimum Gasteiger partial charge on any atom is -0.444 e. The van der Waals surface area contributed by atoms with E-state index < -0.39 is 29.7 Å². The topological polar surface area (TPSA) is 87.7 Å². The Morgan fingerprint density at radius 3 is 2.21 bits per heavy atom. The lowest BCUT2D eigenvalue weighted by atomic mass is 10.0. The molecule has 0 saturated carbocycles. The van der Waals surface area contributed by atoms with E-state index in [0.717, 1.165) is 5.56 Å². The zero-order valence-electron chi connectivity index (χ0n) is 20.5. The van der Waals surface area contributed by atoms with Crippen molar-refractivity contribution >= 4 is 36.2 Å². The fourth-order valence-corrected chi connectivity index (χ4v) is 3.71. The van der Waals surface area contributed by atoms with Gasteiger partial charge in [0.15, 0.2) is 0 Å². The van der Waals surface area contributed by atoms with Crippen molar-refractivity contribution in [3.05, 3.63) is 65.7 Å². The third kappa shape index (κ3) is 7.80. The van der Waals surface area contributed by atoms with Gasteiger partial charge in [-0.3, -0.25) is 9.59 Å². The standard InChI is InChI=1S/C26H35N3O4S/c1-6-16-29(24(31)21(17-34)28-25(32)33-26(3,4)5)22(19-13-8-7-9-14-19)23(30)27-20-15-11-10-12-18(20)2/h7-15,21-22,34H,6,16-17H2,1-5H3,(H,27,30)(H,28,32). The molecule has 0 saturated heterocycles. The number of hydrogen-bond acceptors (Lipinski definition) is 5. The first-order valence-corrected chi connectivity index (χ1v) is 12.0. The minimum absolute atomic E-state index is 0.0548. The Labute approximate surface area is 207 Å². The van der Waals surface area contributed by atoms with Crippen LogP contribution in [0.4, 0.5) is 10.5 Å². The van der Waals surface area contributed by atoms with Crippen LogP contribution in [0.5, 0.6) is 0 Å². The summed E-state index contributed by atoms with van der Waals surface area (Å²) < 4.78 is 5.31. The maximum Gasteiger partial charge on any atom is 0.408 e. The molecule has 0 aliphatic heterocycles. The second-order valence-corrected chi connectivity index (χ2v) is 9.40. The van der Waals surface area contributed by atoms with Gasteiger partial charge in [0.25, 0.3) is 5.91 Å². The van der Waals surface area contributed by atoms with Gasteiger partial charge in [-0.15, -0.1) is 0 Å². The van der Waals surface area contributed by atoms with Crippen LogP contribution in [0.15, 0.2) is 54.6 Å². The Morgan fingerprint density at radius 2 is 1.65 bits per heavy atom. The van der Waals surface area contributed by atoms with Crippen LogP contribution in [0.25, 0.3) is 0 Å². The van der Waals surface area contributed by atoms with Gasteiger partial charge in [-0.25, -0.2) is 4.79 Å². The summed E-state index contributed by atoms with van der Waals surface area (Å²) in [5.41, 5.74) is 1.55. The first kappa shape index (κ1) is 27.2. The van der Waals surface area contributed by atoms with Crippen LogP contribution in [0, 0.1) is 6.92 Å². The first-order chi connectivity index (χ1) is 16.1. The van der Waals surface area contributed by atoms with Crippen LogP contribution >= 0.6 is 12.6 Å². The molecule has 34 heavy (non-hydrogen) atoms. The number of carbonyl (C=O) groups excluding carboxylic acids is 3. The van der Waals surface area contributed by atoms with Gasteiger partial charge in [0.1, 0.15) is 17.7 Å². The van der Waals surface area contributed by atoms with Crippen molar-refractivity contribution in [1.29, 1.82) is 0 Å². The summed E-state index contributed by atoms with van der Waals surface area (Å²) in [6, 6.07) is 14.8. The lowest BCUT2D eigenvalue weighted by Gasteiger charge is -2.34. The van der Waals surface area contributed by atoms with Gasteiger partial charge in [0, 0.05) is 18.0 Å². The predicted octanol–water partition coefficient (Wildman–Crippen LogP) is 4.74. The Balaban J connectivity index is 2.39. The zero-order chi connectivity index (χ0) is 25.3. The van der Waals surface area contributed by atoms with E-state index in [9.17, 15) is 14.4 Å². The van der Waals surface area contributed by atoms with Gasteiger partial charge < -0.3 is 20.3 Å². The van der Waals surface area contributed by atoms with Crippen LogP contribution in [0.2, 0.25) is 0 Å². The fourth-order valence-electron chi connectivity index (χ4n) is 3.47. The number of anilines is 1. The third-order valence-corrected chi connectivity index (χ3v) is 5.36. The molecule has 2 atom stereocenters. The van der Waals surface area contributed by atoms with Crippen LogP contribution in [0.3, 0.4) is 0 Å². The average Bonchev–Trinajstić information content (AvgIpc) is 2.78. The number of nitrogens with one attached hydrogen (secondary N) is 2. The highest BCUT2D eigenvalue weighted by molar-refractivity contribution is 7.80. The van der Waals surface area contributed by atoms with E-state index in [1.807, 2.05) is 68.4 Å². The number of rotatable bonds is 9. The Hall–Kier alpha value is -3.00. The largest absolute Gasteiger partial charge is 0.444 e. The van der Waals surface area contributed by atoms with Crippen molar-refractivity contribution in [2.75, 3.05) is 17.6 Å². The fraction of sp³-hybridized carbons (Fsp3) is 0.423. The molecular formula is C26H35N3O4S. The van der Waals surface area contributed by atoms with Gasteiger partial charge in [0.05, 0.1) is 0 Å². The molecule has 0 spiro atoms. The number of para-hydroxylation sites is 1. The molecule has 0 aliphatic rings. The number of hydrogen-bond donors (Lipinski definition) is 3. The Kier molecular flexibility index (Phi) is 9.98. The molecule has 0 aromatic heterocycles. The Morgan fingerprint density at radius 1 is 1.03 bits per heavy atom. The smallest absolute Gasteiger partial charge is 0.408 e. The Bertz CT molecular complexity index is 976. The van der Waals surface area contributed by atoms with Crippen molar-refractivity contribution in [3.8, 4) is 0 Å². The van der Waals surface area contributed by atoms with Crippen molar-refractivity contribution in [3.63, 3.8) is 0 Å². The van der Waals surface area contributed by atoms with E-state index in [1.165, 1.54) is 4.90 Å². The normalized spacial score (nSPS) is 12.9. The summed E-state index contributed by atoms with van der Waals surface area (Å²) in [6.45, 7) is 9.39. The van der Waals surface area contributed by atoms with E-state index in [4.69, 9.17) is 4.74 Å². The zero-order valence-corrected chi connectivity index (χ0v) is 21.4. The monoisotopic (exact) mass is 485 g/mol. The van der Waals surface area contributed by atoms with E-state index in [1.54, 1.807) is 20.8 Å². The van der Waals surface area contributed by atoms with E-state index in [0.29, 0.717) is 24.2 Å². The molecule has 2 aromatic carbocycles. The molecule has 8 heteroatoms. The summed E-state index contributed by atoms with van der Waals surface area (Å²) in [6.07, 6.45) is -0.0877. The molecule has 184 valence electrons. The number of alkyl carbamates (subject to hydrolysis) is 1. The number of nitrogens with zero attached hydrogens (tertiary/aromatic N) is 1. The summed E-state index contributed by atoms with van der Waals surface area (Å²) in [7, 11) is 0. The molecule has 2 unspecified atom stereocenters. The van der Waals surface area contributed by atoms with Crippen molar-refractivity contribution < 1.29 is 19.1 Å². The number of benzene rings is 2. The van der Waals surface area contributed by atoms with Gasteiger partial charge >= 0.3 is 6.09 Å². The van der Waals surface area contributed by atoms with Crippen LogP contribution in [-0.2, 0) is 14.3 Å². The molecule has 2 N–H and O–H groups in total. The SMILES string of the molecule is CCCN(C(=O)C(CS)NC(=O)OC(C)(C)C)C(C(=O)Nc1ccccc1C)c1ccccc1. The second kappa shape index (κ2) is 12.5. The molecule has 0 heterocycles.